The van der Waals surface area contributed by atoms with Gasteiger partial charge < -0.3 is 10.1 Å². The maximum Gasteiger partial charge on any atom is 0.244 e. The maximum atomic E-state index is 13.1. The van der Waals surface area contributed by atoms with Gasteiger partial charge in [0.25, 0.3) is 0 Å². The van der Waals surface area contributed by atoms with Gasteiger partial charge in [-0.25, -0.2) is 4.39 Å². The lowest BCUT2D eigenvalue weighted by Gasteiger charge is -2.43. The minimum absolute atomic E-state index is 0.144. The molecule has 0 aromatic heterocycles. The standard InChI is InChI=1S/C20H20FNO2/c1-24-18-10-3-15(4-11-18)5-12-19(23)22-20(13-2-14-20)16-6-8-17(21)9-7-16/h3-12H,2,13-14H2,1H3,(H,22,23)/b12-5+. The number of hydrogen-bond donors (Lipinski definition) is 1. The molecule has 2 aromatic rings. The number of methoxy groups -OCH3 is 1. The molecule has 1 aliphatic carbocycles. The Bertz CT molecular complexity index is 731. The highest BCUT2D eigenvalue weighted by molar-refractivity contribution is 5.92. The van der Waals surface area contributed by atoms with Crippen molar-refractivity contribution in [3.8, 4) is 5.75 Å². The van der Waals surface area contributed by atoms with Gasteiger partial charge in [0.1, 0.15) is 11.6 Å². The van der Waals surface area contributed by atoms with Crippen LogP contribution in [0.2, 0.25) is 0 Å². The van der Waals surface area contributed by atoms with Crippen LogP contribution >= 0.6 is 0 Å². The van der Waals surface area contributed by atoms with Gasteiger partial charge in [0, 0.05) is 6.08 Å². The fraction of sp³-hybridized carbons (Fsp3) is 0.250. The van der Waals surface area contributed by atoms with Gasteiger partial charge in [-0.3, -0.25) is 4.79 Å². The summed E-state index contributed by atoms with van der Waals surface area (Å²) in [6, 6.07) is 13.9. The second kappa shape index (κ2) is 6.87. The molecule has 124 valence electrons. The average molecular weight is 325 g/mol. The molecular formula is C20H20FNO2. The summed E-state index contributed by atoms with van der Waals surface area (Å²) in [6.07, 6.45) is 6.11. The van der Waals surface area contributed by atoms with Crippen LogP contribution in [0.15, 0.2) is 54.6 Å². The summed E-state index contributed by atoms with van der Waals surface area (Å²) in [4.78, 5) is 12.3. The molecule has 0 atom stereocenters. The maximum absolute atomic E-state index is 13.1. The molecular weight excluding hydrogens is 305 g/mol. The third-order valence-corrected chi connectivity index (χ3v) is 4.51. The third-order valence-electron chi connectivity index (χ3n) is 4.51. The molecule has 0 bridgehead atoms. The second-order valence-corrected chi connectivity index (χ2v) is 6.04. The average Bonchev–Trinajstić information content (AvgIpc) is 2.57. The summed E-state index contributed by atoms with van der Waals surface area (Å²) in [5.41, 5.74) is 1.52. The fourth-order valence-corrected chi connectivity index (χ4v) is 2.95. The Kier molecular flexibility index (Phi) is 4.65. The zero-order valence-electron chi connectivity index (χ0n) is 13.6. The molecule has 24 heavy (non-hydrogen) atoms. The second-order valence-electron chi connectivity index (χ2n) is 6.04. The lowest BCUT2D eigenvalue weighted by atomic mass is 9.71. The number of ether oxygens (including phenoxy) is 1. The summed E-state index contributed by atoms with van der Waals surface area (Å²) in [7, 11) is 1.62. The minimum Gasteiger partial charge on any atom is -0.497 e. The quantitative estimate of drug-likeness (QED) is 0.843. The number of halogens is 1. The van der Waals surface area contributed by atoms with E-state index in [0.717, 1.165) is 36.1 Å². The zero-order chi connectivity index (χ0) is 17.0. The highest BCUT2D eigenvalue weighted by atomic mass is 19.1. The number of amides is 1. The van der Waals surface area contributed by atoms with Crippen LogP contribution in [0.4, 0.5) is 4.39 Å². The first kappa shape index (κ1) is 16.2. The summed E-state index contributed by atoms with van der Waals surface area (Å²) in [5.74, 6) is 0.370. The number of hydrogen-bond acceptors (Lipinski definition) is 2. The Morgan fingerprint density at radius 2 is 1.79 bits per heavy atom. The van der Waals surface area contributed by atoms with Crippen LogP contribution in [-0.4, -0.2) is 13.0 Å². The monoisotopic (exact) mass is 325 g/mol. The van der Waals surface area contributed by atoms with Crippen LogP contribution in [-0.2, 0) is 10.3 Å². The van der Waals surface area contributed by atoms with Crippen molar-refractivity contribution in [3.05, 3.63) is 71.6 Å². The van der Waals surface area contributed by atoms with Crippen LogP contribution in [0.5, 0.6) is 5.75 Å². The van der Waals surface area contributed by atoms with E-state index >= 15 is 0 Å². The molecule has 0 aliphatic heterocycles. The van der Waals surface area contributed by atoms with Gasteiger partial charge in [0.15, 0.2) is 0 Å². The predicted molar refractivity (Wildman–Crippen MR) is 92.1 cm³/mol. The Labute approximate surface area is 141 Å². The van der Waals surface area contributed by atoms with E-state index in [1.807, 2.05) is 24.3 Å². The molecule has 1 fully saturated rings. The summed E-state index contributed by atoms with van der Waals surface area (Å²) >= 11 is 0. The van der Waals surface area contributed by atoms with E-state index in [-0.39, 0.29) is 17.3 Å². The van der Waals surface area contributed by atoms with Crippen molar-refractivity contribution in [2.75, 3.05) is 7.11 Å². The van der Waals surface area contributed by atoms with E-state index in [1.54, 1.807) is 25.3 Å². The molecule has 1 N–H and O–H groups in total. The first-order valence-corrected chi connectivity index (χ1v) is 8.02. The molecule has 1 saturated carbocycles. The van der Waals surface area contributed by atoms with Gasteiger partial charge in [0.2, 0.25) is 5.91 Å². The van der Waals surface area contributed by atoms with Gasteiger partial charge in [-0.2, -0.15) is 0 Å². The fourth-order valence-electron chi connectivity index (χ4n) is 2.95. The van der Waals surface area contributed by atoms with Crippen molar-refractivity contribution in [2.24, 2.45) is 0 Å². The summed E-state index contributed by atoms with van der Waals surface area (Å²) < 4.78 is 18.2. The Morgan fingerprint density at radius 1 is 1.12 bits per heavy atom. The van der Waals surface area contributed by atoms with Gasteiger partial charge >= 0.3 is 0 Å². The zero-order valence-corrected chi connectivity index (χ0v) is 13.6. The summed E-state index contributed by atoms with van der Waals surface area (Å²) in [6.45, 7) is 0. The van der Waals surface area contributed by atoms with Crippen LogP contribution in [0.1, 0.15) is 30.4 Å². The van der Waals surface area contributed by atoms with Crippen LogP contribution < -0.4 is 10.1 Å². The number of benzene rings is 2. The molecule has 0 heterocycles. The van der Waals surface area contributed by atoms with Crippen molar-refractivity contribution >= 4 is 12.0 Å². The van der Waals surface area contributed by atoms with Crippen molar-refractivity contribution in [2.45, 2.75) is 24.8 Å². The first-order chi connectivity index (χ1) is 11.6. The Balaban J connectivity index is 1.68. The first-order valence-electron chi connectivity index (χ1n) is 8.02. The van der Waals surface area contributed by atoms with Crippen molar-refractivity contribution in [1.29, 1.82) is 0 Å². The van der Waals surface area contributed by atoms with Crippen molar-refractivity contribution in [3.63, 3.8) is 0 Å². The number of nitrogens with one attached hydrogen (secondary N) is 1. The van der Waals surface area contributed by atoms with Gasteiger partial charge in [-0.05, 0) is 60.7 Å². The largest absolute Gasteiger partial charge is 0.497 e. The molecule has 1 aliphatic rings. The smallest absolute Gasteiger partial charge is 0.244 e. The number of carbonyl (C=O) groups is 1. The molecule has 0 saturated heterocycles. The lowest BCUT2D eigenvalue weighted by Crippen LogP contribution is -2.50. The highest BCUT2D eigenvalue weighted by Gasteiger charge is 2.39. The van der Waals surface area contributed by atoms with Crippen LogP contribution in [0.3, 0.4) is 0 Å². The molecule has 0 spiro atoms. The van der Waals surface area contributed by atoms with E-state index in [4.69, 9.17) is 4.74 Å². The third kappa shape index (κ3) is 3.48. The van der Waals surface area contributed by atoms with Gasteiger partial charge in [-0.1, -0.05) is 24.3 Å². The molecule has 4 heteroatoms. The number of carbonyl (C=O) groups excluding carboxylic acids is 1. The molecule has 1 amide bonds. The van der Waals surface area contributed by atoms with E-state index in [1.165, 1.54) is 18.2 Å². The Morgan fingerprint density at radius 3 is 2.33 bits per heavy atom. The molecule has 3 rings (SSSR count). The highest BCUT2D eigenvalue weighted by Crippen LogP contribution is 2.41. The van der Waals surface area contributed by atoms with Crippen molar-refractivity contribution in [1.82, 2.24) is 5.32 Å². The number of rotatable bonds is 5. The molecule has 0 unspecified atom stereocenters. The minimum atomic E-state index is -0.366. The van der Waals surface area contributed by atoms with E-state index < -0.39 is 0 Å². The van der Waals surface area contributed by atoms with E-state index in [0.29, 0.717) is 0 Å². The molecule has 0 radical (unpaired) electrons. The van der Waals surface area contributed by atoms with Crippen molar-refractivity contribution < 1.29 is 13.9 Å². The van der Waals surface area contributed by atoms with Crippen LogP contribution in [0.25, 0.3) is 6.08 Å². The lowest BCUT2D eigenvalue weighted by molar-refractivity contribution is -0.119. The molecule has 3 nitrogen and oxygen atoms in total. The van der Waals surface area contributed by atoms with Gasteiger partial charge in [-0.15, -0.1) is 0 Å². The molecule has 2 aromatic carbocycles. The van der Waals surface area contributed by atoms with Crippen LogP contribution in [0, 0.1) is 5.82 Å². The van der Waals surface area contributed by atoms with E-state index in [2.05, 4.69) is 5.32 Å². The van der Waals surface area contributed by atoms with Gasteiger partial charge in [0.05, 0.1) is 12.6 Å². The van der Waals surface area contributed by atoms with E-state index in [9.17, 15) is 9.18 Å². The topological polar surface area (TPSA) is 38.3 Å². The Hall–Kier alpha value is -2.62. The SMILES string of the molecule is COc1ccc(/C=C/C(=O)NC2(c3ccc(F)cc3)CCC2)cc1. The predicted octanol–water partition coefficient (Wildman–Crippen LogP) is 4.04. The summed E-state index contributed by atoms with van der Waals surface area (Å²) in [5, 5.41) is 3.09. The normalized spacial score (nSPS) is 15.8.